The maximum absolute atomic E-state index is 12.7. The predicted octanol–water partition coefficient (Wildman–Crippen LogP) is 1.68. The number of rotatable bonds is 5. The van der Waals surface area contributed by atoms with Crippen LogP contribution in [0, 0.1) is 5.92 Å². The number of benzene rings is 1. The molecule has 2 fully saturated rings. The van der Waals surface area contributed by atoms with E-state index < -0.39 is 0 Å². The Morgan fingerprint density at radius 1 is 1.19 bits per heavy atom. The van der Waals surface area contributed by atoms with Crippen molar-refractivity contribution in [2.45, 2.75) is 12.8 Å². The summed E-state index contributed by atoms with van der Waals surface area (Å²) in [7, 11) is 0. The Balaban J connectivity index is 1.53. The summed E-state index contributed by atoms with van der Waals surface area (Å²) in [6, 6.07) is 5.33. The van der Waals surface area contributed by atoms with Crippen molar-refractivity contribution in [2.24, 2.45) is 5.92 Å². The SMILES string of the molecule is O=CN1CCN(C(=O)C2CC(=O)N(CCc3ccc(Cl)cc3Cl)C2)CC1. The van der Waals surface area contributed by atoms with Crippen LogP contribution in [0.1, 0.15) is 12.0 Å². The monoisotopic (exact) mass is 397 g/mol. The average Bonchev–Trinajstić information content (AvgIpc) is 3.01. The molecule has 1 aromatic carbocycles. The zero-order valence-corrected chi connectivity index (χ0v) is 15.9. The normalized spacial score (nSPS) is 20.6. The van der Waals surface area contributed by atoms with E-state index in [-0.39, 0.29) is 24.2 Å². The van der Waals surface area contributed by atoms with E-state index in [1.54, 1.807) is 26.8 Å². The van der Waals surface area contributed by atoms with Crippen LogP contribution in [0.2, 0.25) is 10.0 Å². The standard InChI is InChI=1S/C18H21Cl2N3O3/c19-15-2-1-13(16(20)10-15)3-4-23-11-14(9-17(23)25)18(26)22-7-5-21(12-24)6-8-22/h1-2,10,12,14H,3-9,11H2. The zero-order valence-electron chi connectivity index (χ0n) is 14.4. The Kier molecular flexibility index (Phi) is 6.04. The molecular formula is C18H21Cl2N3O3. The van der Waals surface area contributed by atoms with Crippen LogP contribution in [0.5, 0.6) is 0 Å². The lowest BCUT2D eigenvalue weighted by molar-refractivity contribution is -0.139. The third-order valence-corrected chi connectivity index (χ3v) is 5.59. The maximum Gasteiger partial charge on any atom is 0.228 e. The van der Waals surface area contributed by atoms with E-state index in [4.69, 9.17) is 23.2 Å². The number of amides is 3. The molecule has 3 amide bonds. The van der Waals surface area contributed by atoms with Crippen LogP contribution < -0.4 is 0 Å². The molecule has 0 aliphatic carbocycles. The second kappa shape index (κ2) is 8.27. The van der Waals surface area contributed by atoms with Crippen molar-refractivity contribution in [2.75, 3.05) is 39.3 Å². The molecule has 6 nitrogen and oxygen atoms in total. The van der Waals surface area contributed by atoms with E-state index in [0.29, 0.717) is 55.7 Å². The van der Waals surface area contributed by atoms with Crippen molar-refractivity contribution in [3.63, 3.8) is 0 Å². The third kappa shape index (κ3) is 4.30. The lowest BCUT2D eigenvalue weighted by Crippen LogP contribution is -2.50. The molecule has 0 radical (unpaired) electrons. The molecule has 2 saturated heterocycles. The van der Waals surface area contributed by atoms with Gasteiger partial charge in [0, 0.05) is 55.7 Å². The number of hydrogen-bond donors (Lipinski definition) is 0. The number of carbonyl (C=O) groups is 3. The fourth-order valence-electron chi connectivity index (χ4n) is 3.44. The van der Waals surface area contributed by atoms with Crippen LogP contribution in [0.25, 0.3) is 0 Å². The topological polar surface area (TPSA) is 60.9 Å². The molecule has 140 valence electrons. The van der Waals surface area contributed by atoms with Gasteiger partial charge in [-0.3, -0.25) is 14.4 Å². The Hall–Kier alpha value is -1.79. The minimum atomic E-state index is -0.300. The Bertz CT molecular complexity index is 705. The van der Waals surface area contributed by atoms with Crippen molar-refractivity contribution >= 4 is 41.4 Å². The summed E-state index contributed by atoms with van der Waals surface area (Å²) >= 11 is 12.1. The highest BCUT2D eigenvalue weighted by Gasteiger charge is 2.37. The van der Waals surface area contributed by atoms with Gasteiger partial charge >= 0.3 is 0 Å². The molecule has 1 atom stereocenters. The number of likely N-dealkylation sites (tertiary alicyclic amines) is 1. The quantitative estimate of drug-likeness (QED) is 0.710. The van der Waals surface area contributed by atoms with Crippen LogP contribution in [0.3, 0.4) is 0 Å². The van der Waals surface area contributed by atoms with E-state index in [1.807, 2.05) is 6.07 Å². The fraction of sp³-hybridized carbons (Fsp3) is 0.500. The highest BCUT2D eigenvalue weighted by Crippen LogP contribution is 2.24. The average molecular weight is 398 g/mol. The van der Waals surface area contributed by atoms with Gasteiger partial charge in [-0.2, -0.15) is 0 Å². The van der Waals surface area contributed by atoms with Gasteiger partial charge in [0.25, 0.3) is 0 Å². The number of nitrogens with zero attached hydrogens (tertiary/aromatic N) is 3. The second-order valence-corrected chi connectivity index (χ2v) is 7.54. The Morgan fingerprint density at radius 2 is 1.92 bits per heavy atom. The number of hydrogen-bond acceptors (Lipinski definition) is 3. The minimum absolute atomic E-state index is 0.0000338. The van der Waals surface area contributed by atoms with Gasteiger partial charge in [-0.25, -0.2) is 0 Å². The molecule has 0 aromatic heterocycles. The van der Waals surface area contributed by atoms with Gasteiger partial charge in [-0.05, 0) is 24.1 Å². The van der Waals surface area contributed by atoms with E-state index in [9.17, 15) is 14.4 Å². The first-order valence-corrected chi connectivity index (χ1v) is 9.43. The van der Waals surface area contributed by atoms with E-state index in [2.05, 4.69) is 0 Å². The molecule has 0 N–H and O–H groups in total. The van der Waals surface area contributed by atoms with E-state index >= 15 is 0 Å². The maximum atomic E-state index is 12.7. The lowest BCUT2D eigenvalue weighted by Gasteiger charge is -2.33. The first-order valence-electron chi connectivity index (χ1n) is 8.68. The molecule has 2 aliphatic heterocycles. The van der Waals surface area contributed by atoms with Crippen LogP contribution in [0.15, 0.2) is 18.2 Å². The van der Waals surface area contributed by atoms with Crippen molar-refractivity contribution in [1.29, 1.82) is 0 Å². The molecule has 2 heterocycles. The van der Waals surface area contributed by atoms with Crippen molar-refractivity contribution < 1.29 is 14.4 Å². The van der Waals surface area contributed by atoms with Gasteiger partial charge in [-0.15, -0.1) is 0 Å². The highest BCUT2D eigenvalue weighted by atomic mass is 35.5. The highest BCUT2D eigenvalue weighted by molar-refractivity contribution is 6.35. The molecular weight excluding hydrogens is 377 g/mol. The summed E-state index contributed by atoms with van der Waals surface area (Å²) < 4.78 is 0. The molecule has 8 heteroatoms. The van der Waals surface area contributed by atoms with Gasteiger partial charge in [0.05, 0.1) is 5.92 Å². The van der Waals surface area contributed by atoms with Crippen LogP contribution >= 0.6 is 23.2 Å². The summed E-state index contributed by atoms with van der Waals surface area (Å²) in [6.07, 6.45) is 1.69. The van der Waals surface area contributed by atoms with E-state index in [1.165, 1.54) is 0 Å². The lowest BCUT2D eigenvalue weighted by atomic mass is 10.1. The molecule has 0 bridgehead atoms. The molecule has 0 saturated carbocycles. The molecule has 1 aromatic rings. The van der Waals surface area contributed by atoms with Gasteiger partial charge in [0.2, 0.25) is 18.2 Å². The van der Waals surface area contributed by atoms with Crippen molar-refractivity contribution in [3.05, 3.63) is 33.8 Å². The summed E-state index contributed by atoms with van der Waals surface area (Å²) in [5.41, 5.74) is 0.934. The van der Waals surface area contributed by atoms with Crippen LogP contribution in [0.4, 0.5) is 0 Å². The molecule has 1 unspecified atom stereocenters. The smallest absolute Gasteiger partial charge is 0.228 e. The van der Waals surface area contributed by atoms with Crippen molar-refractivity contribution in [3.8, 4) is 0 Å². The van der Waals surface area contributed by atoms with E-state index in [0.717, 1.165) is 12.0 Å². The van der Waals surface area contributed by atoms with Crippen LogP contribution in [-0.2, 0) is 20.8 Å². The fourth-order valence-corrected chi connectivity index (χ4v) is 3.94. The van der Waals surface area contributed by atoms with Crippen LogP contribution in [-0.4, -0.2) is 72.2 Å². The number of carbonyl (C=O) groups excluding carboxylic acids is 3. The zero-order chi connectivity index (χ0) is 18.7. The Labute approximate surface area is 162 Å². The molecule has 2 aliphatic rings. The van der Waals surface area contributed by atoms with Gasteiger partial charge in [-0.1, -0.05) is 29.3 Å². The predicted molar refractivity (Wildman–Crippen MR) is 99.1 cm³/mol. The number of piperazine rings is 1. The van der Waals surface area contributed by atoms with Gasteiger partial charge in [0.15, 0.2) is 0 Å². The summed E-state index contributed by atoms with van der Waals surface area (Å²) in [6.45, 7) is 3.13. The molecule has 3 rings (SSSR count). The first-order chi connectivity index (χ1) is 12.5. The Morgan fingerprint density at radius 3 is 2.58 bits per heavy atom. The third-order valence-electron chi connectivity index (χ3n) is 5.00. The van der Waals surface area contributed by atoms with Crippen molar-refractivity contribution in [1.82, 2.24) is 14.7 Å². The van der Waals surface area contributed by atoms with Gasteiger partial charge in [0.1, 0.15) is 0 Å². The van der Waals surface area contributed by atoms with Gasteiger partial charge < -0.3 is 14.7 Å². The summed E-state index contributed by atoms with van der Waals surface area (Å²) in [4.78, 5) is 40.8. The summed E-state index contributed by atoms with van der Waals surface area (Å²) in [5, 5.41) is 1.17. The largest absolute Gasteiger partial charge is 0.342 e. The first kappa shape index (κ1) is 19.0. The minimum Gasteiger partial charge on any atom is -0.342 e. The second-order valence-electron chi connectivity index (χ2n) is 6.69. The molecule has 0 spiro atoms. The number of halogens is 2. The molecule has 26 heavy (non-hydrogen) atoms. The summed E-state index contributed by atoms with van der Waals surface area (Å²) in [5.74, 6) is -0.290.